The fourth-order valence-corrected chi connectivity index (χ4v) is 2.06. The second-order valence-electron chi connectivity index (χ2n) is 5.56. The number of aliphatic carboxylic acids is 1. The highest BCUT2D eigenvalue weighted by Crippen LogP contribution is 2.17. The van der Waals surface area contributed by atoms with E-state index in [0.717, 1.165) is 26.0 Å². The van der Waals surface area contributed by atoms with Gasteiger partial charge in [0.15, 0.2) is 0 Å². The molecule has 0 aromatic heterocycles. The molecule has 6 heteroatoms. The van der Waals surface area contributed by atoms with E-state index < -0.39 is 11.4 Å². The number of carbonyl (C=O) groups excluding carboxylic acids is 1. The van der Waals surface area contributed by atoms with E-state index in [2.05, 4.69) is 10.2 Å². The summed E-state index contributed by atoms with van der Waals surface area (Å²) in [5.41, 5.74) is -0.915. The van der Waals surface area contributed by atoms with E-state index in [-0.39, 0.29) is 12.6 Å². The molecule has 1 atom stereocenters. The van der Waals surface area contributed by atoms with Gasteiger partial charge in [0.1, 0.15) is 0 Å². The average molecular weight is 257 g/mol. The Kier molecular flexibility index (Phi) is 5.10. The third-order valence-electron chi connectivity index (χ3n) is 3.42. The maximum Gasteiger partial charge on any atom is 0.310 e. The molecule has 18 heavy (non-hydrogen) atoms. The first-order chi connectivity index (χ1) is 8.36. The van der Waals surface area contributed by atoms with Crippen molar-refractivity contribution in [3.63, 3.8) is 0 Å². The van der Waals surface area contributed by atoms with Gasteiger partial charge in [0.05, 0.1) is 5.41 Å². The van der Waals surface area contributed by atoms with Gasteiger partial charge in [-0.3, -0.25) is 14.5 Å². The van der Waals surface area contributed by atoms with Gasteiger partial charge in [-0.2, -0.15) is 0 Å². The van der Waals surface area contributed by atoms with Crippen LogP contribution in [0.15, 0.2) is 0 Å². The van der Waals surface area contributed by atoms with Crippen molar-refractivity contribution in [1.29, 1.82) is 0 Å². The number of nitrogens with zero attached hydrogens (tertiary/aromatic N) is 2. The summed E-state index contributed by atoms with van der Waals surface area (Å²) in [7, 11) is 2.02. The Morgan fingerprint density at radius 2 is 2.28 bits per heavy atom. The Hall–Kier alpha value is -1.14. The number of amides is 1. The van der Waals surface area contributed by atoms with Crippen LogP contribution >= 0.6 is 0 Å². The number of rotatable bonds is 6. The normalized spacial score (nSPS) is 21.6. The van der Waals surface area contributed by atoms with E-state index >= 15 is 0 Å². The average Bonchev–Trinajstić information content (AvgIpc) is 2.30. The van der Waals surface area contributed by atoms with Gasteiger partial charge in [0.25, 0.3) is 0 Å². The molecule has 0 aliphatic carbocycles. The lowest BCUT2D eigenvalue weighted by Crippen LogP contribution is -2.55. The number of carboxylic acid groups (broad SMARTS) is 1. The summed E-state index contributed by atoms with van der Waals surface area (Å²) in [5.74, 6) is -0.885. The first-order valence-electron chi connectivity index (χ1n) is 6.20. The van der Waals surface area contributed by atoms with E-state index in [1.54, 1.807) is 18.7 Å². The second-order valence-corrected chi connectivity index (χ2v) is 5.56. The zero-order valence-corrected chi connectivity index (χ0v) is 11.3. The SMILES string of the molecule is CN1CCNCC1CN(C=O)CC(C)(C)C(=O)O. The van der Waals surface area contributed by atoms with Crippen molar-refractivity contribution in [1.82, 2.24) is 15.1 Å². The monoisotopic (exact) mass is 257 g/mol. The predicted octanol–water partition coefficient (Wildman–Crippen LogP) is -0.541. The fraction of sp³-hybridized carbons (Fsp3) is 0.833. The molecule has 0 radical (unpaired) electrons. The van der Waals surface area contributed by atoms with Gasteiger partial charge in [-0.15, -0.1) is 0 Å². The molecule has 1 fully saturated rings. The van der Waals surface area contributed by atoms with E-state index in [4.69, 9.17) is 5.11 Å². The van der Waals surface area contributed by atoms with Gasteiger partial charge >= 0.3 is 5.97 Å². The molecule has 0 aromatic rings. The number of likely N-dealkylation sites (N-methyl/N-ethyl adjacent to an activating group) is 1. The van der Waals surface area contributed by atoms with E-state index in [1.165, 1.54) is 0 Å². The lowest BCUT2D eigenvalue weighted by Gasteiger charge is -2.37. The highest BCUT2D eigenvalue weighted by Gasteiger charge is 2.31. The molecular formula is C12H23N3O3. The van der Waals surface area contributed by atoms with Crippen LogP contribution < -0.4 is 5.32 Å². The van der Waals surface area contributed by atoms with E-state index in [0.29, 0.717) is 6.54 Å². The predicted molar refractivity (Wildman–Crippen MR) is 68.3 cm³/mol. The molecule has 1 unspecified atom stereocenters. The summed E-state index contributed by atoms with van der Waals surface area (Å²) in [6.07, 6.45) is 0.743. The van der Waals surface area contributed by atoms with Crippen LogP contribution in [0.2, 0.25) is 0 Å². The van der Waals surface area contributed by atoms with Crippen LogP contribution in [0.4, 0.5) is 0 Å². The van der Waals surface area contributed by atoms with Crippen LogP contribution in [0.1, 0.15) is 13.8 Å². The Morgan fingerprint density at radius 3 is 2.78 bits per heavy atom. The number of nitrogens with one attached hydrogen (secondary N) is 1. The van der Waals surface area contributed by atoms with Crippen molar-refractivity contribution in [2.24, 2.45) is 5.41 Å². The minimum atomic E-state index is -0.915. The summed E-state index contributed by atoms with van der Waals surface area (Å²) < 4.78 is 0. The topological polar surface area (TPSA) is 72.9 Å². The van der Waals surface area contributed by atoms with Gasteiger partial charge in [-0.1, -0.05) is 0 Å². The molecule has 2 N–H and O–H groups in total. The molecule has 0 bridgehead atoms. The number of hydrogen-bond donors (Lipinski definition) is 2. The van der Waals surface area contributed by atoms with Gasteiger partial charge in [0.2, 0.25) is 6.41 Å². The maximum atomic E-state index is 11.1. The van der Waals surface area contributed by atoms with Crippen molar-refractivity contribution >= 4 is 12.4 Å². The van der Waals surface area contributed by atoms with E-state index in [9.17, 15) is 9.59 Å². The van der Waals surface area contributed by atoms with Gasteiger partial charge in [0, 0.05) is 38.8 Å². The zero-order valence-electron chi connectivity index (χ0n) is 11.3. The molecule has 1 aliphatic heterocycles. The molecule has 1 heterocycles. The minimum Gasteiger partial charge on any atom is -0.481 e. The highest BCUT2D eigenvalue weighted by molar-refractivity contribution is 5.74. The quantitative estimate of drug-likeness (QED) is 0.625. The first-order valence-corrected chi connectivity index (χ1v) is 6.20. The summed E-state index contributed by atoms with van der Waals surface area (Å²) in [6, 6.07) is 0.244. The number of carbonyl (C=O) groups is 2. The van der Waals surface area contributed by atoms with Crippen LogP contribution in [0.25, 0.3) is 0 Å². The van der Waals surface area contributed by atoms with Crippen LogP contribution in [-0.4, -0.2) is 73.1 Å². The summed E-state index contributed by atoms with van der Waals surface area (Å²) >= 11 is 0. The summed E-state index contributed by atoms with van der Waals surface area (Å²) in [6.45, 7) is 6.78. The molecule has 0 aromatic carbocycles. The first kappa shape index (κ1) is 14.9. The molecule has 1 aliphatic rings. The standard InChI is InChI=1S/C12H23N3O3/c1-12(2,11(17)18)8-15(9-16)7-10-6-13-4-5-14(10)3/h9-10,13H,4-8H2,1-3H3,(H,17,18). The molecule has 104 valence electrons. The maximum absolute atomic E-state index is 11.1. The van der Waals surface area contributed by atoms with Crippen LogP contribution in [0.3, 0.4) is 0 Å². The Morgan fingerprint density at radius 1 is 1.61 bits per heavy atom. The zero-order chi connectivity index (χ0) is 13.8. The Balaban J connectivity index is 2.56. The van der Waals surface area contributed by atoms with Crippen molar-refractivity contribution in [2.45, 2.75) is 19.9 Å². The molecule has 0 spiro atoms. The largest absolute Gasteiger partial charge is 0.481 e. The molecule has 1 amide bonds. The second kappa shape index (κ2) is 6.15. The van der Waals surface area contributed by atoms with Crippen LogP contribution in [0.5, 0.6) is 0 Å². The lowest BCUT2D eigenvalue weighted by molar-refractivity contribution is -0.148. The van der Waals surface area contributed by atoms with Gasteiger partial charge in [-0.25, -0.2) is 0 Å². The van der Waals surface area contributed by atoms with Crippen LogP contribution in [-0.2, 0) is 9.59 Å². The highest BCUT2D eigenvalue weighted by atomic mass is 16.4. The Bertz CT molecular complexity index is 307. The van der Waals surface area contributed by atoms with Crippen molar-refractivity contribution in [3.05, 3.63) is 0 Å². The Labute approximate surface area is 108 Å². The third-order valence-corrected chi connectivity index (χ3v) is 3.42. The molecule has 1 rings (SSSR count). The van der Waals surface area contributed by atoms with Crippen molar-refractivity contribution in [3.8, 4) is 0 Å². The molecule has 0 saturated carbocycles. The molecule has 6 nitrogen and oxygen atoms in total. The van der Waals surface area contributed by atoms with Gasteiger partial charge < -0.3 is 15.3 Å². The van der Waals surface area contributed by atoms with E-state index in [1.807, 2.05) is 7.05 Å². The fourth-order valence-electron chi connectivity index (χ4n) is 2.06. The third kappa shape index (κ3) is 3.96. The van der Waals surface area contributed by atoms with Crippen molar-refractivity contribution in [2.75, 3.05) is 39.8 Å². The number of piperazine rings is 1. The minimum absolute atomic E-state index is 0.232. The number of carboxylic acids is 1. The van der Waals surface area contributed by atoms with Gasteiger partial charge in [-0.05, 0) is 20.9 Å². The number of hydrogen-bond acceptors (Lipinski definition) is 4. The smallest absolute Gasteiger partial charge is 0.310 e. The van der Waals surface area contributed by atoms with Crippen molar-refractivity contribution < 1.29 is 14.7 Å². The summed E-state index contributed by atoms with van der Waals surface area (Å²) in [5, 5.41) is 12.4. The molecule has 1 saturated heterocycles. The molecular weight excluding hydrogens is 234 g/mol. The lowest BCUT2D eigenvalue weighted by atomic mass is 9.93. The van der Waals surface area contributed by atoms with Crippen LogP contribution in [0, 0.1) is 5.41 Å². The summed E-state index contributed by atoms with van der Waals surface area (Å²) in [4.78, 5) is 25.9.